The molecule has 0 aliphatic heterocycles. The second kappa shape index (κ2) is 10.9. The van der Waals surface area contributed by atoms with E-state index in [0.717, 1.165) is 0 Å². The first-order chi connectivity index (χ1) is 9.00. The maximum Gasteiger partial charge on any atom is 0.0451 e. The van der Waals surface area contributed by atoms with Crippen molar-refractivity contribution in [2.75, 3.05) is 0 Å². The third-order valence-electron chi connectivity index (χ3n) is 1.61. The Kier molecular flexibility index (Phi) is 8.13. The highest BCUT2D eigenvalue weighted by molar-refractivity contribution is 4.88. The Balaban J connectivity index is 0.000000135. The molecule has 3 aromatic heterocycles. The van der Waals surface area contributed by atoms with E-state index in [9.17, 15) is 0 Å². The van der Waals surface area contributed by atoms with Crippen molar-refractivity contribution < 1.29 is 0 Å². The van der Waals surface area contributed by atoms with Crippen LogP contribution in [0, 0.1) is 0 Å². The van der Waals surface area contributed by atoms with E-state index >= 15 is 0 Å². The Morgan fingerprint density at radius 1 is 0.278 bits per heavy atom. The molecule has 0 saturated carbocycles. The average Bonchev–Trinajstić information content (AvgIpc) is 2.54. The first-order valence-electron chi connectivity index (χ1n) is 5.40. The third kappa shape index (κ3) is 8.67. The summed E-state index contributed by atoms with van der Waals surface area (Å²) in [5, 5.41) is 0. The molecule has 0 saturated heterocycles. The van der Waals surface area contributed by atoms with E-state index in [1.807, 2.05) is 36.4 Å². The van der Waals surface area contributed by atoms with E-state index < -0.39 is 0 Å². The fraction of sp³-hybridized carbons (Fsp3) is 0. The predicted octanol–water partition coefficient (Wildman–Crippen LogP) is 2.64. The number of rotatable bonds is 0. The van der Waals surface area contributed by atoms with Gasteiger partial charge in [-0.15, -0.1) is 0 Å². The molecule has 0 atom stereocenters. The number of aromatic nitrogens is 4. The van der Waals surface area contributed by atoms with Gasteiger partial charge in [-0.25, -0.2) is 0 Å². The molecule has 3 rings (SSSR count). The molecule has 0 aliphatic rings. The number of hydrogen-bond donors (Lipinski definition) is 0. The Morgan fingerprint density at radius 2 is 0.556 bits per heavy atom. The van der Waals surface area contributed by atoms with Crippen LogP contribution in [-0.4, -0.2) is 19.9 Å². The fourth-order valence-corrected chi connectivity index (χ4v) is 0.879. The third-order valence-corrected chi connectivity index (χ3v) is 1.61. The van der Waals surface area contributed by atoms with Gasteiger partial charge in [0.05, 0.1) is 0 Å². The molecule has 0 fully saturated rings. The largest absolute Gasteiger partial charge is 0.265 e. The predicted molar refractivity (Wildman–Crippen MR) is 70.5 cm³/mol. The van der Waals surface area contributed by atoms with Gasteiger partial charge >= 0.3 is 0 Å². The van der Waals surface area contributed by atoms with Crippen molar-refractivity contribution in [3.05, 3.63) is 86.0 Å². The molecule has 4 nitrogen and oxygen atoms in total. The Hall–Kier alpha value is -2.62. The van der Waals surface area contributed by atoms with Gasteiger partial charge < -0.3 is 0 Å². The number of hydrogen-bond acceptors (Lipinski definition) is 4. The van der Waals surface area contributed by atoms with Crippen LogP contribution in [0.2, 0.25) is 0 Å². The second-order valence-corrected chi connectivity index (χ2v) is 2.94. The normalized spacial score (nSPS) is 8.00. The van der Waals surface area contributed by atoms with Gasteiger partial charge in [0.15, 0.2) is 0 Å². The fourth-order valence-electron chi connectivity index (χ4n) is 0.879. The lowest BCUT2D eigenvalue weighted by molar-refractivity contribution is 1.20. The molecule has 0 radical (unpaired) electrons. The van der Waals surface area contributed by atoms with Crippen LogP contribution in [0.15, 0.2) is 86.0 Å². The zero-order valence-electron chi connectivity index (χ0n) is 9.87. The minimum absolute atomic E-state index is 1.64. The van der Waals surface area contributed by atoms with Crippen LogP contribution in [0.5, 0.6) is 0 Å². The van der Waals surface area contributed by atoms with E-state index in [0.29, 0.717) is 0 Å². The molecule has 0 unspecified atom stereocenters. The highest BCUT2D eigenvalue weighted by Gasteiger charge is 1.60. The SMILES string of the molecule is c1ccncc1.c1ccncc1.c1cnccn1. The van der Waals surface area contributed by atoms with Crippen LogP contribution in [0.4, 0.5) is 0 Å². The van der Waals surface area contributed by atoms with Gasteiger partial charge in [-0.1, -0.05) is 12.1 Å². The van der Waals surface area contributed by atoms with Crippen molar-refractivity contribution >= 4 is 0 Å². The van der Waals surface area contributed by atoms with E-state index in [-0.39, 0.29) is 0 Å². The Bertz CT molecular complexity index is 305. The quantitative estimate of drug-likeness (QED) is 0.604. The molecule has 0 bridgehead atoms. The van der Waals surface area contributed by atoms with E-state index in [2.05, 4.69) is 19.9 Å². The van der Waals surface area contributed by atoms with Gasteiger partial charge in [-0.05, 0) is 24.3 Å². The summed E-state index contributed by atoms with van der Waals surface area (Å²) < 4.78 is 0. The lowest BCUT2D eigenvalue weighted by Crippen LogP contribution is -1.66. The molecule has 0 N–H and O–H groups in total. The van der Waals surface area contributed by atoms with Crippen molar-refractivity contribution in [3.63, 3.8) is 0 Å². The molecular weight excluding hydrogens is 224 g/mol. The molecule has 0 aliphatic carbocycles. The van der Waals surface area contributed by atoms with Gasteiger partial charge in [0.25, 0.3) is 0 Å². The molecule has 4 heteroatoms. The standard InChI is InChI=1S/2C5H5N.C4H4N2/c2*1-2-4-6-5-3-1;1-2-6-4-3-5-1/h2*1-5H;1-4H. The van der Waals surface area contributed by atoms with Crippen LogP contribution < -0.4 is 0 Å². The maximum absolute atomic E-state index is 3.78. The second-order valence-electron chi connectivity index (χ2n) is 2.94. The van der Waals surface area contributed by atoms with Crippen LogP contribution >= 0.6 is 0 Å². The highest BCUT2D eigenvalue weighted by atomic mass is 14.7. The zero-order valence-corrected chi connectivity index (χ0v) is 9.87. The summed E-state index contributed by atoms with van der Waals surface area (Å²) in [6.45, 7) is 0. The zero-order chi connectivity index (χ0) is 12.7. The van der Waals surface area contributed by atoms with Gasteiger partial charge in [0.2, 0.25) is 0 Å². The van der Waals surface area contributed by atoms with E-state index in [1.54, 1.807) is 49.6 Å². The molecule has 3 heterocycles. The van der Waals surface area contributed by atoms with Crippen molar-refractivity contribution in [3.8, 4) is 0 Å². The summed E-state index contributed by atoms with van der Waals surface area (Å²) >= 11 is 0. The summed E-state index contributed by atoms with van der Waals surface area (Å²) in [5.41, 5.74) is 0. The summed E-state index contributed by atoms with van der Waals surface area (Å²) in [5.74, 6) is 0. The molecule has 0 amide bonds. The summed E-state index contributed by atoms with van der Waals surface area (Å²) in [6.07, 6.45) is 13.6. The monoisotopic (exact) mass is 238 g/mol. The van der Waals surface area contributed by atoms with Crippen LogP contribution in [0.3, 0.4) is 0 Å². The molecule has 0 spiro atoms. The molecule has 18 heavy (non-hydrogen) atoms. The topological polar surface area (TPSA) is 51.6 Å². The minimum Gasteiger partial charge on any atom is -0.265 e. The molecular formula is C14H14N4. The minimum atomic E-state index is 1.64. The molecule has 0 aromatic carbocycles. The van der Waals surface area contributed by atoms with Crippen molar-refractivity contribution in [1.82, 2.24) is 19.9 Å². The van der Waals surface area contributed by atoms with E-state index in [4.69, 9.17) is 0 Å². The van der Waals surface area contributed by atoms with Gasteiger partial charge in [0, 0.05) is 49.6 Å². The number of nitrogens with zero attached hydrogens (tertiary/aromatic N) is 4. The Morgan fingerprint density at radius 3 is 0.667 bits per heavy atom. The van der Waals surface area contributed by atoms with Gasteiger partial charge in [-0.2, -0.15) is 0 Å². The van der Waals surface area contributed by atoms with Crippen molar-refractivity contribution in [2.45, 2.75) is 0 Å². The summed E-state index contributed by atoms with van der Waals surface area (Å²) in [7, 11) is 0. The van der Waals surface area contributed by atoms with Crippen LogP contribution in [0.1, 0.15) is 0 Å². The molecule has 90 valence electrons. The van der Waals surface area contributed by atoms with E-state index in [1.165, 1.54) is 0 Å². The summed E-state index contributed by atoms with van der Waals surface area (Å²) in [4.78, 5) is 15.0. The van der Waals surface area contributed by atoms with Crippen molar-refractivity contribution in [2.24, 2.45) is 0 Å². The van der Waals surface area contributed by atoms with Gasteiger partial charge in [0.1, 0.15) is 0 Å². The lowest BCUT2D eigenvalue weighted by Gasteiger charge is -1.70. The maximum atomic E-state index is 3.78. The lowest BCUT2D eigenvalue weighted by atomic mass is 10.5. The first kappa shape index (κ1) is 13.4. The van der Waals surface area contributed by atoms with Crippen LogP contribution in [0.25, 0.3) is 0 Å². The van der Waals surface area contributed by atoms with Crippen molar-refractivity contribution in [1.29, 1.82) is 0 Å². The smallest absolute Gasteiger partial charge is 0.0451 e. The van der Waals surface area contributed by atoms with Crippen LogP contribution in [-0.2, 0) is 0 Å². The van der Waals surface area contributed by atoms with Gasteiger partial charge in [-0.3, -0.25) is 19.9 Å². The Labute approximate surface area is 106 Å². The first-order valence-corrected chi connectivity index (χ1v) is 5.40. The highest BCUT2D eigenvalue weighted by Crippen LogP contribution is 1.74. The number of pyridine rings is 2. The average molecular weight is 238 g/mol. The molecule has 3 aromatic rings. The summed E-state index contributed by atoms with van der Waals surface area (Å²) in [6, 6.07) is 11.4.